The quantitative estimate of drug-likeness (QED) is 0.648. The van der Waals surface area contributed by atoms with Gasteiger partial charge in [-0.05, 0) is 24.3 Å². The molecule has 0 amide bonds. The van der Waals surface area contributed by atoms with Gasteiger partial charge < -0.3 is 4.57 Å². The fourth-order valence-corrected chi connectivity index (χ4v) is 1.68. The number of imidazole rings is 1. The van der Waals surface area contributed by atoms with Crippen molar-refractivity contribution < 1.29 is 0 Å². The van der Waals surface area contributed by atoms with Gasteiger partial charge in [-0.1, -0.05) is 6.07 Å². The van der Waals surface area contributed by atoms with E-state index >= 15 is 0 Å². The minimum absolute atomic E-state index is 0.703. The van der Waals surface area contributed by atoms with Crippen LogP contribution in [0.25, 0.3) is 11.2 Å². The van der Waals surface area contributed by atoms with Crippen molar-refractivity contribution in [3.8, 4) is 0 Å². The molecule has 0 aliphatic rings. The zero-order valence-electron chi connectivity index (χ0n) is 8.61. The van der Waals surface area contributed by atoms with Gasteiger partial charge in [-0.15, -0.1) is 0 Å². The van der Waals surface area contributed by atoms with E-state index in [2.05, 4.69) is 15.0 Å². The summed E-state index contributed by atoms with van der Waals surface area (Å²) in [5.41, 5.74) is 2.82. The van der Waals surface area contributed by atoms with Crippen molar-refractivity contribution in [3.05, 3.63) is 54.7 Å². The van der Waals surface area contributed by atoms with Crippen LogP contribution in [0.5, 0.6) is 0 Å². The maximum Gasteiger partial charge on any atom is 0.160 e. The fraction of sp³-hybridized carbons (Fsp3) is 0.0833. The maximum atomic E-state index is 4.31. The van der Waals surface area contributed by atoms with Crippen molar-refractivity contribution in [2.45, 2.75) is 6.54 Å². The van der Waals surface area contributed by atoms with Gasteiger partial charge in [0.25, 0.3) is 0 Å². The summed E-state index contributed by atoms with van der Waals surface area (Å²) < 4.78 is 2.00. The Morgan fingerprint density at radius 2 is 1.88 bits per heavy atom. The van der Waals surface area contributed by atoms with Crippen molar-refractivity contribution in [2.75, 3.05) is 0 Å². The fourth-order valence-electron chi connectivity index (χ4n) is 1.68. The van der Waals surface area contributed by atoms with E-state index in [4.69, 9.17) is 0 Å². The molecule has 78 valence electrons. The first-order valence-electron chi connectivity index (χ1n) is 5.09. The van der Waals surface area contributed by atoms with Crippen LogP contribution < -0.4 is 0 Å². The van der Waals surface area contributed by atoms with Crippen molar-refractivity contribution in [2.24, 2.45) is 0 Å². The van der Waals surface area contributed by atoms with Crippen LogP contribution in [0.1, 0.15) is 5.69 Å². The number of hydrogen-bond donors (Lipinski definition) is 0. The summed E-state index contributed by atoms with van der Waals surface area (Å²) in [6.45, 7) is 0.703. The lowest BCUT2D eigenvalue weighted by molar-refractivity contribution is 0.788. The van der Waals surface area contributed by atoms with Crippen LogP contribution in [0.3, 0.4) is 0 Å². The molecule has 0 spiro atoms. The Balaban J connectivity index is 2.01. The van der Waals surface area contributed by atoms with E-state index in [0.29, 0.717) is 6.54 Å². The monoisotopic (exact) mass is 210 g/mol. The Morgan fingerprint density at radius 3 is 2.75 bits per heavy atom. The van der Waals surface area contributed by atoms with Gasteiger partial charge in [0, 0.05) is 12.4 Å². The van der Waals surface area contributed by atoms with Crippen molar-refractivity contribution in [1.29, 1.82) is 0 Å². The molecule has 0 unspecified atom stereocenters. The summed E-state index contributed by atoms with van der Waals surface area (Å²) in [5, 5.41) is 0. The molecular weight excluding hydrogens is 200 g/mol. The first-order chi connectivity index (χ1) is 7.93. The first kappa shape index (κ1) is 9.03. The third kappa shape index (κ3) is 1.54. The highest BCUT2D eigenvalue weighted by Crippen LogP contribution is 2.10. The second-order valence-electron chi connectivity index (χ2n) is 3.54. The Hall–Kier alpha value is -2.23. The molecule has 3 aromatic rings. The smallest absolute Gasteiger partial charge is 0.160 e. The summed E-state index contributed by atoms with van der Waals surface area (Å²) in [6, 6.07) is 9.73. The highest BCUT2D eigenvalue weighted by Gasteiger charge is 2.03. The zero-order chi connectivity index (χ0) is 10.8. The molecule has 4 heteroatoms. The molecule has 4 nitrogen and oxygen atoms in total. The van der Waals surface area contributed by atoms with Crippen molar-refractivity contribution in [1.82, 2.24) is 19.5 Å². The molecule has 0 atom stereocenters. The normalized spacial score (nSPS) is 10.8. The molecule has 16 heavy (non-hydrogen) atoms. The number of nitrogens with zero attached hydrogens (tertiary/aromatic N) is 4. The number of aromatic nitrogens is 4. The van der Waals surface area contributed by atoms with Crippen LogP contribution in [-0.4, -0.2) is 19.5 Å². The summed E-state index contributed by atoms with van der Waals surface area (Å²) in [6.07, 6.45) is 5.37. The molecule has 0 saturated carbocycles. The zero-order valence-corrected chi connectivity index (χ0v) is 8.61. The minimum atomic E-state index is 0.703. The van der Waals surface area contributed by atoms with E-state index in [1.807, 2.05) is 34.9 Å². The van der Waals surface area contributed by atoms with Gasteiger partial charge in [0.05, 0.1) is 18.6 Å². The Kier molecular flexibility index (Phi) is 2.11. The number of hydrogen-bond acceptors (Lipinski definition) is 3. The molecule has 3 aromatic heterocycles. The highest BCUT2D eigenvalue weighted by molar-refractivity contribution is 5.70. The topological polar surface area (TPSA) is 43.6 Å². The molecular formula is C12H10N4. The van der Waals surface area contributed by atoms with Crippen LogP contribution in [0, 0.1) is 0 Å². The van der Waals surface area contributed by atoms with E-state index < -0.39 is 0 Å². The van der Waals surface area contributed by atoms with Crippen LogP contribution >= 0.6 is 0 Å². The van der Waals surface area contributed by atoms with E-state index in [1.165, 1.54) is 0 Å². The van der Waals surface area contributed by atoms with Gasteiger partial charge in [0.2, 0.25) is 0 Å². The lowest BCUT2D eigenvalue weighted by atomic mass is 10.3. The highest BCUT2D eigenvalue weighted by atomic mass is 15.1. The van der Waals surface area contributed by atoms with Crippen LogP contribution in [0.15, 0.2) is 49.1 Å². The molecule has 3 heterocycles. The lowest BCUT2D eigenvalue weighted by Crippen LogP contribution is -2.00. The molecule has 0 fully saturated rings. The number of pyridine rings is 2. The summed E-state index contributed by atoms with van der Waals surface area (Å²) in [5.74, 6) is 0. The number of fused-ring (bicyclic) bond motifs is 1. The van der Waals surface area contributed by atoms with Crippen molar-refractivity contribution in [3.63, 3.8) is 0 Å². The van der Waals surface area contributed by atoms with Gasteiger partial charge in [0.1, 0.15) is 5.52 Å². The average molecular weight is 210 g/mol. The van der Waals surface area contributed by atoms with Gasteiger partial charge in [0.15, 0.2) is 5.65 Å². The SMILES string of the molecule is c1ccc(Cn2cnc3cccnc32)nc1. The van der Waals surface area contributed by atoms with Crippen molar-refractivity contribution >= 4 is 11.2 Å². The van der Waals surface area contributed by atoms with Gasteiger partial charge in [-0.2, -0.15) is 0 Å². The third-order valence-corrected chi connectivity index (χ3v) is 2.43. The van der Waals surface area contributed by atoms with E-state index in [0.717, 1.165) is 16.9 Å². The van der Waals surface area contributed by atoms with Gasteiger partial charge in [-0.3, -0.25) is 4.98 Å². The van der Waals surface area contributed by atoms with E-state index in [1.54, 1.807) is 18.7 Å². The summed E-state index contributed by atoms with van der Waals surface area (Å²) in [7, 11) is 0. The van der Waals surface area contributed by atoms with Gasteiger partial charge >= 0.3 is 0 Å². The second-order valence-corrected chi connectivity index (χ2v) is 3.54. The maximum absolute atomic E-state index is 4.31. The molecule has 0 radical (unpaired) electrons. The van der Waals surface area contributed by atoms with E-state index in [-0.39, 0.29) is 0 Å². The Labute approximate surface area is 92.6 Å². The predicted molar refractivity (Wildman–Crippen MR) is 60.9 cm³/mol. The first-order valence-corrected chi connectivity index (χ1v) is 5.09. The second kappa shape index (κ2) is 3.73. The minimum Gasteiger partial charge on any atom is -0.309 e. The molecule has 0 aliphatic carbocycles. The Morgan fingerprint density at radius 1 is 0.938 bits per heavy atom. The molecule has 0 N–H and O–H groups in total. The summed E-state index contributed by atoms with van der Waals surface area (Å²) >= 11 is 0. The van der Waals surface area contributed by atoms with Crippen LogP contribution in [0.4, 0.5) is 0 Å². The lowest BCUT2D eigenvalue weighted by Gasteiger charge is -2.01. The summed E-state index contributed by atoms with van der Waals surface area (Å²) in [4.78, 5) is 12.9. The van der Waals surface area contributed by atoms with Crippen LogP contribution in [-0.2, 0) is 6.54 Å². The third-order valence-electron chi connectivity index (χ3n) is 2.43. The van der Waals surface area contributed by atoms with Crippen LogP contribution in [0.2, 0.25) is 0 Å². The number of rotatable bonds is 2. The molecule has 0 aliphatic heterocycles. The average Bonchev–Trinajstić information content (AvgIpc) is 2.74. The standard InChI is InChI=1S/C12H10N4/c1-2-6-13-10(4-1)8-16-9-15-11-5-3-7-14-12(11)16/h1-7,9H,8H2. The van der Waals surface area contributed by atoms with E-state index in [9.17, 15) is 0 Å². The molecule has 0 bridgehead atoms. The molecule has 0 saturated heterocycles. The molecule has 0 aromatic carbocycles. The largest absolute Gasteiger partial charge is 0.309 e. The molecule has 3 rings (SSSR count). The Bertz CT molecular complexity index is 600. The predicted octanol–water partition coefficient (Wildman–Crippen LogP) is 1.87. The van der Waals surface area contributed by atoms with Gasteiger partial charge in [-0.25, -0.2) is 9.97 Å².